The molecule has 1 aromatic carbocycles. The summed E-state index contributed by atoms with van der Waals surface area (Å²) < 4.78 is 0. The van der Waals surface area contributed by atoms with Gasteiger partial charge in [0.15, 0.2) is 0 Å². The van der Waals surface area contributed by atoms with Gasteiger partial charge < -0.3 is 16.8 Å². The summed E-state index contributed by atoms with van der Waals surface area (Å²) in [6.07, 6.45) is 1.75. The molecule has 0 spiro atoms. The minimum absolute atomic E-state index is 0.155. The van der Waals surface area contributed by atoms with E-state index in [9.17, 15) is 9.59 Å². The first-order chi connectivity index (χ1) is 8.15. The number of nitrogens with one attached hydrogen (secondary N) is 1. The molecule has 0 heterocycles. The maximum atomic E-state index is 11.6. The Balaban J connectivity index is 2.49. The van der Waals surface area contributed by atoms with E-state index in [4.69, 9.17) is 11.5 Å². The van der Waals surface area contributed by atoms with Crippen molar-refractivity contribution in [3.05, 3.63) is 35.4 Å². The third-order valence-corrected chi connectivity index (χ3v) is 2.35. The lowest BCUT2D eigenvalue weighted by Gasteiger charge is -2.05. The van der Waals surface area contributed by atoms with Crippen LogP contribution < -0.4 is 16.8 Å². The SMILES string of the molecule is NCCCCNC(=O)c1ccc(C(N)=O)cc1. The Morgan fingerprint density at radius 2 is 1.65 bits per heavy atom. The maximum Gasteiger partial charge on any atom is 0.251 e. The number of unbranched alkanes of at least 4 members (excludes halogenated alkanes) is 1. The van der Waals surface area contributed by atoms with Crippen molar-refractivity contribution in [2.45, 2.75) is 12.8 Å². The van der Waals surface area contributed by atoms with Gasteiger partial charge in [-0.2, -0.15) is 0 Å². The van der Waals surface area contributed by atoms with E-state index in [1.54, 1.807) is 12.1 Å². The van der Waals surface area contributed by atoms with Gasteiger partial charge in [-0.05, 0) is 43.7 Å². The van der Waals surface area contributed by atoms with Gasteiger partial charge in [0.25, 0.3) is 5.91 Å². The summed E-state index contributed by atoms with van der Waals surface area (Å²) in [6, 6.07) is 6.24. The molecule has 0 radical (unpaired) electrons. The molecule has 0 unspecified atom stereocenters. The third kappa shape index (κ3) is 4.24. The lowest BCUT2D eigenvalue weighted by Crippen LogP contribution is -2.25. The zero-order valence-corrected chi connectivity index (χ0v) is 9.61. The number of primary amides is 1. The number of hydrogen-bond acceptors (Lipinski definition) is 3. The van der Waals surface area contributed by atoms with Crippen LogP contribution in [0.2, 0.25) is 0 Å². The van der Waals surface area contributed by atoms with E-state index >= 15 is 0 Å². The second kappa shape index (κ2) is 6.65. The van der Waals surface area contributed by atoms with E-state index in [-0.39, 0.29) is 5.91 Å². The zero-order chi connectivity index (χ0) is 12.7. The fraction of sp³-hybridized carbons (Fsp3) is 0.333. The molecule has 0 saturated heterocycles. The molecular weight excluding hydrogens is 218 g/mol. The van der Waals surface area contributed by atoms with Crippen LogP contribution in [0, 0.1) is 0 Å². The number of benzene rings is 1. The normalized spacial score (nSPS) is 9.94. The van der Waals surface area contributed by atoms with E-state index in [2.05, 4.69) is 5.32 Å². The van der Waals surface area contributed by atoms with Crippen molar-refractivity contribution in [3.63, 3.8) is 0 Å². The molecule has 1 rings (SSSR count). The molecule has 5 heteroatoms. The van der Waals surface area contributed by atoms with Gasteiger partial charge >= 0.3 is 0 Å². The summed E-state index contributed by atoms with van der Waals surface area (Å²) >= 11 is 0. The Bertz CT molecular complexity index is 387. The molecule has 0 fully saturated rings. The first-order valence-electron chi connectivity index (χ1n) is 5.53. The summed E-state index contributed by atoms with van der Waals surface area (Å²) in [6.45, 7) is 1.23. The highest BCUT2D eigenvalue weighted by molar-refractivity contribution is 5.97. The molecule has 0 bridgehead atoms. The minimum Gasteiger partial charge on any atom is -0.366 e. The summed E-state index contributed by atoms with van der Waals surface area (Å²) in [7, 11) is 0. The van der Waals surface area contributed by atoms with Crippen LogP contribution in [-0.2, 0) is 0 Å². The van der Waals surface area contributed by atoms with Crippen LogP contribution in [0.15, 0.2) is 24.3 Å². The smallest absolute Gasteiger partial charge is 0.251 e. The van der Waals surface area contributed by atoms with Crippen molar-refractivity contribution < 1.29 is 9.59 Å². The molecule has 17 heavy (non-hydrogen) atoms. The van der Waals surface area contributed by atoms with Crippen LogP contribution in [0.3, 0.4) is 0 Å². The highest BCUT2D eigenvalue weighted by Crippen LogP contribution is 2.03. The van der Waals surface area contributed by atoms with Crippen molar-refractivity contribution in [3.8, 4) is 0 Å². The van der Waals surface area contributed by atoms with Gasteiger partial charge in [0, 0.05) is 17.7 Å². The van der Waals surface area contributed by atoms with Crippen LogP contribution in [-0.4, -0.2) is 24.9 Å². The van der Waals surface area contributed by atoms with Crippen LogP contribution in [0.5, 0.6) is 0 Å². The molecular formula is C12H17N3O2. The summed E-state index contributed by atoms with van der Waals surface area (Å²) in [4.78, 5) is 22.5. The summed E-state index contributed by atoms with van der Waals surface area (Å²) in [5, 5.41) is 2.77. The van der Waals surface area contributed by atoms with Gasteiger partial charge in [-0.1, -0.05) is 0 Å². The predicted molar refractivity (Wildman–Crippen MR) is 65.6 cm³/mol. The molecule has 0 aromatic heterocycles. The maximum absolute atomic E-state index is 11.6. The molecule has 92 valence electrons. The summed E-state index contributed by atoms with van der Waals surface area (Å²) in [5.74, 6) is -0.655. The molecule has 0 saturated carbocycles. The lowest BCUT2D eigenvalue weighted by atomic mass is 10.1. The topological polar surface area (TPSA) is 98.2 Å². The van der Waals surface area contributed by atoms with E-state index in [0.717, 1.165) is 12.8 Å². The fourth-order valence-electron chi connectivity index (χ4n) is 1.36. The molecule has 0 aliphatic carbocycles. The monoisotopic (exact) mass is 235 g/mol. The highest BCUT2D eigenvalue weighted by Gasteiger charge is 2.05. The Labute approximate surface area is 100 Å². The number of nitrogens with two attached hydrogens (primary N) is 2. The van der Waals surface area contributed by atoms with Gasteiger partial charge in [0.1, 0.15) is 0 Å². The van der Waals surface area contributed by atoms with Gasteiger partial charge in [-0.3, -0.25) is 9.59 Å². The largest absolute Gasteiger partial charge is 0.366 e. The number of hydrogen-bond donors (Lipinski definition) is 3. The van der Waals surface area contributed by atoms with Gasteiger partial charge in [0.2, 0.25) is 5.91 Å². The lowest BCUT2D eigenvalue weighted by molar-refractivity contribution is 0.0950. The molecule has 0 aliphatic heterocycles. The average Bonchev–Trinajstić information content (AvgIpc) is 2.34. The van der Waals surface area contributed by atoms with Crippen molar-refractivity contribution >= 4 is 11.8 Å². The van der Waals surface area contributed by atoms with Crippen LogP contribution in [0.4, 0.5) is 0 Å². The predicted octanol–water partition coefficient (Wildman–Crippen LogP) is 0.254. The molecule has 1 aromatic rings. The quantitative estimate of drug-likeness (QED) is 0.616. The average molecular weight is 235 g/mol. The second-order valence-corrected chi connectivity index (χ2v) is 3.69. The molecule has 0 atom stereocenters. The van der Waals surface area contributed by atoms with E-state index in [1.165, 1.54) is 12.1 Å². The molecule has 0 aliphatic rings. The Morgan fingerprint density at radius 1 is 1.06 bits per heavy atom. The van der Waals surface area contributed by atoms with E-state index in [1.807, 2.05) is 0 Å². The van der Waals surface area contributed by atoms with Gasteiger partial charge in [-0.15, -0.1) is 0 Å². The fourth-order valence-corrected chi connectivity index (χ4v) is 1.36. The van der Waals surface area contributed by atoms with Crippen molar-refractivity contribution in [2.24, 2.45) is 11.5 Å². The van der Waals surface area contributed by atoms with Crippen LogP contribution in [0.25, 0.3) is 0 Å². The third-order valence-electron chi connectivity index (χ3n) is 2.35. The highest BCUT2D eigenvalue weighted by atomic mass is 16.2. The van der Waals surface area contributed by atoms with E-state index < -0.39 is 5.91 Å². The Morgan fingerprint density at radius 3 is 2.18 bits per heavy atom. The molecule has 5 nitrogen and oxygen atoms in total. The van der Waals surface area contributed by atoms with Crippen molar-refractivity contribution in [1.29, 1.82) is 0 Å². The van der Waals surface area contributed by atoms with Gasteiger partial charge in [0.05, 0.1) is 0 Å². The van der Waals surface area contributed by atoms with Crippen LogP contribution >= 0.6 is 0 Å². The van der Waals surface area contributed by atoms with Gasteiger partial charge in [-0.25, -0.2) is 0 Å². The standard InChI is InChI=1S/C12H17N3O2/c13-7-1-2-8-15-12(17)10-5-3-9(4-6-10)11(14)16/h3-6H,1-2,7-8,13H2,(H2,14,16)(H,15,17). The number of carbonyl (C=O) groups is 2. The molecule has 5 N–H and O–H groups in total. The van der Waals surface area contributed by atoms with E-state index in [0.29, 0.717) is 24.2 Å². The number of carbonyl (C=O) groups excluding carboxylic acids is 2. The Hall–Kier alpha value is -1.88. The number of rotatable bonds is 6. The summed E-state index contributed by atoms with van der Waals surface area (Å²) in [5.41, 5.74) is 11.4. The second-order valence-electron chi connectivity index (χ2n) is 3.69. The molecule has 2 amide bonds. The first-order valence-corrected chi connectivity index (χ1v) is 5.53. The Kier molecular flexibility index (Phi) is 5.16. The van der Waals surface area contributed by atoms with Crippen molar-refractivity contribution in [1.82, 2.24) is 5.32 Å². The van der Waals surface area contributed by atoms with Crippen LogP contribution in [0.1, 0.15) is 33.6 Å². The van der Waals surface area contributed by atoms with Crippen molar-refractivity contribution in [2.75, 3.05) is 13.1 Å². The first kappa shape index (κ1) is 13.2. The minimum atomic E-state index is -0.500. The zero-order valence-electron chi connectivity index (χ0n) is 9.61. The number of amides is 2.